The van der Waals surface area contributed by atoms with Crippen molar-refractivity contribution in [3.8, 4) is 5.75 Å². The van der Waals surface area contributed by atoms with Crippen LogP contribution < -0.4 is 15.4 Å². The third-order valence-electron chi connectivity index (χ3n) is 5.37. The van der Waals surface area contributed by atoms with Crippen LogP contribution >= 0.6 is 0 Å². The molecule has 1 amide bonds. The molecule has 1 fully saturated rings. The van der Waals surface area contributed by atoms with Crippen molar-refractivity contribution in [2.24, 2.45) is 4.99 Å². The minimum absolute atomic E-state index is 0.0393. The summed E-state index contributed by atoms with van der Waals surface area (Å²) in [6.45, 7) is 7.99. The second-order valence-corrected chi connectivity index (χ2v) is 7.43. The molecule has 3 rings (SSSR count). The first-order chi connectivity index (χ1) is 14.6. The van der Waals surface area contributed by atoms with E-state index in [4.69, 9.17) is 9.73 Å². The van der Waals surface area contributed by atoms with Gasteiger partial charge in [0.1, 0.15) is 5.75 Å². The molecule has 1 aliphatic heterocycles. The molecule has 2 aromatic carbocycles. The SMILES string of the molecule is CCNC(=O)c1ccc(CN=C(NCC)N2CCC(c3ccc(OC)cc3)C2)cc1. The number of likely N-dealkylation sites (tertiary alicyclic amines) is 1. The zero-order valence-electron chi connectivity index (χ0n) is 18.1. The minimum atomic E-state index is -0.0393. The van der Waals surface area contributed by atoms with Crippen molar-refractivity contribution >= 4 is 11.9 Å². The van der Waals surface area contributed by atoms with Crippen molar-refractivity contribution in [3.63, 3.8) is 0 Å². The third-order valence-corrected chi connectivity index (χ3v) is 5.37. The maximum absolute atomic E-state index is 11.9. The average molecular weight is 409 g/mol. The molecule has 6 nitrogen and oxygen atoms in total. The molecule has 2 N–H and O–H groups in total. The quantitative estimate of drug-likeness (QED) is 0.544. The van der Waals surface area contributed by atoms with Crippen molar-refractivity contribution in [1.29, 1.82) is 0 Å². The number of benzene rings is 2. The normalized spacial score (nSPS) is 16.4. The van der Waals surface area contributed by atoms with Crippen LogP contribution in [0.15, 0.2) is 53.5 Å². The van der Waals surface area contributed by atoms with E-state index < -0.39 is 0 Å². The molecule has 0 saturated carbocycles. The Labute approximate surface area is 179 Å². The number of methoxy groups -OCH3 is 1. The summed E-state index contributed by atoms with van der Waals surface area (Å²) >= 11 is 0. The lowest BCUT2D eigenvalue weighted by Gasteiger charge is -2.22. The van der Waals surface area contributed by atoms with Gasteiger partial charge in [0.2, 0.25) is 0 Å². The molecule has 2 aromatic rings. The Hall–Kier alpha value is -3.02. The molecule has 0 aliphatic carbocycles. The van der Waals surface area contributed by atoms with Crippen LogP contribution in [-0.2, 0) is 6.54 Å². The van der Waals surface area contributed by atoms with Crippen molar-refractivity contribution in [2.45, 2.75) is 32.7 Å². The van der Waals surface area contributed by atoms with E-state index >= 15 is 0 Å². The van der Waals surface area contributed by atoms with Gasteiger partial charge in [0.25, 0.3) is 5.91 Å². The molecule has 1 heterocycles. The summed E-state index contributed by atoms with van der Waals surface area (Å²) in [5.74, 6) is 2.29. The predicted octanol–water partition coefficient (Wildman–Crippen LogP) is 3.40. The molecular formula is C24H32N4O2. The lowest BCUT2D eigenvalue weighted by atomic mass is 9.98. The summed E-state index contributed by atoms with van der Waals surface area (Å²) in [5.41, 5.74) is 3.11. The lowest BCUT2D eigenvalue weighted by Crippen LogP contribution is -2.40. The van der Waals surface area contributed by atoms with Gasteiger partial charge in [-0.25, -0.2) is 4.99 Å². The van der Waals surface area contributed by atoms with Gasteiger partial charge in [-0.3, -0.25) is 4.79 Å². The Bertz CT molecular complexity index is 847. The van der Waals surface area contributed by atoms with Gasteiger partial charge in [0.15, 0.2) is 5.96 Å². The molecular weight excluding hydrogens is 376 g/mol. The van der Waals surface area contributed by atoms with Gasteiger partial charge in [-0.1, -0.05) is 24.3 Å². The number of nitrogens with zero attached hydrogens (tertiary/aromatic N) is 2. The number of carbonyl (C=O) groups is 1. The van der Waals surface area contributed by atoms with E-state index in [1.807, 2.05) is 43.3 Å². The number of amides is 1. The van der Waals surface area contributed by atoms with Crippen LogP contribution in [0.5, 0.6) is 5.75 Å². The van der Waals surface area contributed by atoms with E-state index in [1.54, 1.807) is 7.11 Å². The number of nitrogens with one attached hydrogen (secondary N) is 2. The van der Waals surface area contributed by atoms with Crippen molar-refractivity contribution in [1.82, 2.24) is 15.5 Å². The Morgan fingerprint density at radius 3 is 2.40 bits per heavy atom. The fraction of sp³-hybridized carbons (Fsp3) is 0.417. The van der Waals surface area contributed by atoms with Crippen LogP contribution in [-0.4, -0.2) is 50.1 Å². The fourth-order valence-corrected chi connectivity index (χ4v) is 3.72. The maximum Gasteiger partial charge on any atom is 0.251 e. The van der Waals surface area contributed by atoms with Crippen molar-refractivity contribution < 1.29 is 9.53 Å². The molecule has 0 bridgehead atoms. The fourth-order valence-electron chi connectivity index (χ4n) is 3.72. The number of guanidine groups is 1. The first-order valence-electron chi connectivity index (χ1n) is 10.7. The van der Waals surface area contributed by atoms with Crippen molar-refractivity contribution in [3.05, 3.63) is 65.2 Å². The molecule has 1 unspecified atom stereocenters. The van der Waals surface area contributed by atoms with E-state index in [1.165, 1.54) is 5.56 Å². The summed E-state index contributed by atoms with van der Waals surface area (Å²) in [6, 6.07) is 16.0. The van der Waals surface area contributed by atoms with Crippen LogP contribution in [0.2, 0.25) is 0 Å². The standard InChI is InChI=1S/C24H32N4O2/c1-4-25-23(29)20-8-6-18(7-9-20)16-27-24(26-5-2)28-15-14-21(17-28)19-10-12-22(30-3)13-11-19/h6-13,21H,4-5,14-17H2,1-3H3,(H,25,29)(H,26,27). The van der Waals surface area contributed by atoms with Crippen LogP contribution in [0.1, 0.15) is 47.7 Å². The van der Waals surface area contributed by atoms with Crippen LogP contribution in [0.4, 0.5) is 0 Å². The highest BCUT2D eigenvalue weighted by Gasteiger charge is 2.26. The maximum atomic E-state index is 11.9. The monoisotopic (exact) mass is 408 g/mol. The molecule has 1 aliphatic rings. The Morgan fingerprint density at radius 1 is 1.07 bits per heavy atom. The molecule has 0 aromatic heterocycles. The largest absolute Gasteiger partial charge is 0.497 e. The molecule has 30 heavy (non-hydrogen) atoms. The summed E-state index contributed by atoms with van der Waals surface area (Å²) < 4.78 is 5.27. The number of hydrogen-bond acceptors (Lipinski definition) is 3. The topological polar surface area (TPSA) is 66.0 Å². The van der Waals surface area contributed by atoms with Gasteiger partial charge in [-0.05, 0) is 55.7 Å². The van der Waals surface area contributed by atoms with Gasteiger partial charge in [0, 0.05) is 37.7 Å². The third kappa shape index (κ3) is 5.53. The van der Waals surface area contributed by atoms with E-state index in [0.29, 0.717) is 24.6 Å². The highest BCUT2D eigenvalue weighted by Crippen LogP contribution is 2.28. The number of hydrogen-bond donors (Lipinski definition) is 2. The zero-order valence-corrected chi connectivity index (χ0v) is 18.1. The molecule has 0 radical (unpaired) electrons. The van der Waals surface area contributed by atoms with Crippen LogP contribution in [0.25, 0.3) is 0 Å². The van der Waals surface area contributed by atoms with Gasteiger partial charge in [-0.2, -0.15) is 0 Å². The lowest BCUT2D eigenvalue weighted by molar-refractivity contribution is 0.0956. The number of ether oxygens (including phenoxy) is 1. The molecule has 1 atom stereocenters. The highest BCUT2D eigenvalue weighted by molar-refractivity contribution is 5.94. The van der Waals surface area contributed by atoms with Gasteiger partial charge in [0.05, 0.1) is 13.7 Å². The second kappa shape index (κ2) is 10.7. The Balaban J connectivity index is 1.63. The van der Waals surface area contributed by atoms with Gasteiger partial charge >= 0.3 is 0 Å². The average Bonchev–Trinajstić information content (AvgIpc) is 3.27. The summed E-state index contributed by atoms with van der Waals surface area (Å²) in [4.78, 5) is 19.1. The van der Waals surface area contributed by atoms with E-state index in [-0.39, 0.29) is 5.91 Å². The van der Waals surface area contributed by atoms with E-state index in [2.05, 4.69) is 34.6 Å². The second-order valence-electron chi connectivity index (χ2n) is 7.43. The minimum Gasteiger partial charge on any atom is -0.497 e. The predicted molar refractivity (Wildman–Crippen MR) is 121 cm³/mol. The first-order valence-corrected chi connectivity index (χ1v) is 10.7. The van der Waals surface area contributed by atoms with Gasteiger partial charge < -0.3 is 20.3 Å². The number of rotatable bonds is 7. The zero-order chi connectivity index (χ0) is 21.3. The smallest absolute Gasteiger partial charge is 0.251 e. The highest BCUT2D eigenvalue weighted by atomic mass is 16.5. The number of carbonyl (C=O) groups excluding carboxylic acids is 1. The Morgan fingerprint density at radius 2 is 1.77 bits per heavy atom. The molecule has 160 valence electrons. The number of aliphatic imine (C=N–C) groups is 1. The molecule has 1 saturated heterocycles. The first kappa shape index (κ1) is 21.7. The van der Waals surface area contributed by atoms with Crippen LogP contribution in [0, 0.1) is 0 Å². The van der Waals surface area contributed by atoms with E-state index in [9.17, 15) is 4.79 Å². The van der Waals surface area contributed by atoms with Crippen molar-refractivity contribution in [2.75, 3.05) is 33.3 Å². The van der Waals surface area contributed by atoms with Gasteiger partial charge in [-0.15, -0.1) is 0 Å². The molecule has 0 spiro atoms. The molecule has 6 heteroatoms. The summed E-state index contributed by atoms with van der Waals surface area (Å²) in [6.07, 6.45) is 1.11. The summed E-state index contributed by atoms with van der Waals surface area (Å²) in [7, 11) is 1.69. The van der Waals surface area contributed by atoms with E-state index in [0.717, 1.165) is 43.3 Å². The Kier molecular flexibility index (Phi) is 7.71. The van der Waals surface area contributed by atoms with Crippen LogP contribution in [0.3, 0.4) is 0 Å². The summed E-state index contributed by atoms with van der Waals surface area (Å²) in [5, 5.41) is 6.24.